The smallest absolute Gasteiger partial charge is 0.244 e. The summed E-state index contributed by atoms with van der Waals surface area (Å²) in [5, 5.41) is 2.99. The number of aromatic nitrogens is 1. The molecule has 0 radical (unpaired) electrons. The molecule has 1 heterocycles. The third-order valence-corrected chi connectivity index (χ3v) is 6.73. The topological polar surface area (TPSA) is 79.4 Å². The Balaban J connectivity index is 1.98. The lowest BCUT2D eigenvalue weighted by atomic mass is 10.1. The first-order valence-corrected chi connectivity index (χ1v) is 10.5. The van der Waals surface area contributed by atoms with Gasteiger partial charge in [-0.15, -0.1) is 0 Å². The van der Waals surface area contributed by atoms with Crippen LogP contribution in [0.4, 0.5) is 4.39 Å². The van der Waals surface area contributed by atoms with E-state index >= 15 is 0 Å². The summed E-state index contributed by atoms with van der Waals surface area (Å²) in [6.07, 6.45) is 1.28. The van der Waals surface area contributed by atoms with Gasteiger partial charge in [-0.2, -0.15) is 0 Å². The molecule has 0 fully saturated rings. The van der Waals surface area contributed by atoms with E-state index in [1.165, 1.54) is 50.3 Å². The average molecular weight is 412 g/mol. The number of amides is 1. The summed E-state index contributed by atoms with van der Waals surface area (Å²) in [4.78, 5) is 16.6. The van der Waals surface area contributed by atoms with Crippen molar-refractivity contribution < 1.29 is 17.6 Å². The largest absolute Gasteiger partial charge is 0.349 e. The van der Waals surface area contributed by atoms with Gasteiger partial charge in [-0.3, -0.25) is 4.79 Å². The van der Waals surface area contributed by atoms with Gasteiger partial charge in [0.2, 0.25) is 15.9 Å². The van der Waals surface area contributed by atoms with Crippen LogP contribution in [0.3, 0.4) is 0 Å². The number of nitrogens with one attached hydrogen (secondary N) is 1. The number of sulfonamides is 1. The Morgan fingerprint density at radius 2 is 1.78 bits per heavy atom. The zero-order valence-electron chi connectivity index (χ0n) is 15.5. The van der Waals surface area contributed by atoms with Gasteiger partial charge in [0.1, 0.15) is 10.7 Å². The van der Waals surface area contributed by atoms with Crippen LogP contribution in [0.25, 0.3) is 0 Å². The molecule has 27 heavy (non-hydrogen) atoms. The number of thioether (sulfide) groups is 1. The van der Waals surface area contributed by atoms with Gasteiger partial charge in [0.15, 0.2) is 0 Å². The van der Waals surface area contributed by atoms with Crippen molar-refractivity contribution >= 4 is 27.7 Å². The minimum atomic E-state index is -3.53. The Kier molecular flexibility index (Phi) is 6.96. The van der Waals surface area contributed by atoms with Crippen LogP contribution in [0.1, 0.15) is 25.5 Å². The Labute approximate surface area is 163 Å². The van der Waals surface area contributed by atoms with E-state index in [9.17, 15) is 17.6 Å². The number of rotatable bonds is 7. The van der Waals surface area contributed by atoms with Gasteiger partial charge in [-0.05, 0) is 43.7 Å². The molecule has 0 aliphatic heterocycles. The lowest BCUT2D eigenvalue weighted by Gasteiger charge is -2.17. The van der Waals surface area contributed by atoms with Gasteiger partial charge in [0, 0.05) is 20.3 Å². The summed E-state index contributed by atoms with van der Waals surface area (Å²) in [7, 11) is -0.630. The summed E-state index contributed by atoms with van der Waals surface area (Å²) < 4.78 is 38.2. The molecule has 0 saturated carbocycles. The quantitative estimate of drug-likeness (QED) is 0.709. The van der Waals surface area contributed by atoms with E-state index in [2.05, 4.69) is 10.3 Å². The van der Waals surface area contributed by atoms with Crippen LogP contribution in [-0.2, 0) is 14.8 Å². The molecule has 2 rings (SSSR count). The number of hydrogen-bond acceptors (Lipinski definition) is 5. The van der Waals surface area contributed by atoms with Crippen LogP contribution in [0.15, 0.2) is 52.5 Å². The molecule has 1 aromatic carbocycles. The second-order valence-corrected chi connectivity index (χ2v) is 9.67. The third kappa shape index (κ3) is 5.50. The molecule has 0 unspecified atom stereocenters. The van der Waals surface area contributed by atoms with E-state index < -0.39 is 15.3 Å². The van der Waals surface area contributed by atoms with Crippen LogP contribution < -0.4 is 5.32 Å². The van der Waals surface area contributed by atoms with Crippen LogP contribution in [0.2, 0.25) is 0 Å². The number of hydrogen-bond donors (Lipinski definition) is 1. The number of pyridine rings is 1. The highest BCUT2D eigenvalue weighted by molar-refractivity contribution is 8.00. The first kappa shape index (κ1) is 21.3. The molecule has 2 aromatic rings. The van der Waals surface area contributed by atoms with Gasteiger partial charge < -0.3 is 5.32 Å². The molecule has 2 atom stereocenters. The molecule has 0 bridgehead atoms. The van der Waals surface area contributed by atoms with Gasteiger partial charge in [-0.25, -0.2) is 22.1 Å². The Morgan fingerprint density at radius 3 is 2.30 bits per heavy atom. The summed E-state index contributed by atoms with van der Waals surface area (Å²) in [6.45, 7) is 3.56. The molecule has 0 aliphatic rings. The third-order valence-electron chi connectivity index (χ3n) is 3.88. The fourth-order valence-corrected chi connectivity index (χ4v) is 3.85. The number of carbonyl (C=O) groups is 1. The van der Waals surface area contributed by atoms with E-state index in [0.717, 1.165) is 9.87 Å². The second kappa shape index (κ2) is 8.81. The van der Waals surface area contributed by atoms with E-state index in [1.54, 1.807) is 25.1 Å². The number of benzene rings is 1. The maximum Gasteiger partial charge on any atom is 0.244 e. The minimum Gasteiger partial charge on any atom is -0.349 e. The van der Waals surface area contributed by atoms with Gasteiger partial charge in [0.05, 0.1) is 16.3 Å². The van der Waals surface area contributed by atoms with E-state index in [4.69, 9.17) is 0 Å². The highest BCUT2D eigenvalue weighted by Gasteiger charge is 2.20. The van der Waals surface area contributed by atoms with E-state index in [0.29, 0.717) is 5.03 Å². The zero-order chi connectivity index (χ0) is 20.2. The molecule has 0 spiro atoms. The average Bonchev–Trinajstić information content (AvgIpc) is 2.62. The van der Waals surface area contributed by atoms with Gasteiger partial charge >= 0.3 is 0 Å². The number of halogens is 1. The molecule has 1 amide bonds. The summed E-state index contributed by atoms with van der Waals surface area (Å²) in [5.74, 6) is -0.518. The molecular formula is C18H22FN3O3S2. The lowest BCUT2D eigenvalue weighted by molar-refractivity contribution is -0.120. The van der Waals surface area contributed by atoms with Crippen molar-refractivity contribution in [1.82, 2.24) is 14.6 Å². The lowest BCUT2D eigenvalue weighted by Crippen LogP contribution is -2.33. The molecule has 9 heteroatoms. The van der Waals surface area contributed by atoms with Gasteiger partial charge in [0.25, 0.3) is 0 Å². The van der Waals surface area contributed by atoms with Crippen LogP contribution >= 0.6 is 11.8 Å². The molecular weight excluding hydrogens is 389 g/mol. The Morgan fingerprint density at radius 1 is 1.15 bits per heavy atom. The van der Waals surface area contributed by atoms with Crippen molar-refractivity contribution in [2.24, 2.45) is 0 Å². The Hall–Kier alpha value is -1.97. The van der Waals surface area contributed by atoms with E-state index in [1.807, 2.05) is 6.92 Å². The first-order valence-electron chi connectivity index (χ1n) is 8.22. The SMILES string of the molecule is C[C@H](Sc1ccc(S(=O)(=O)N(C)C)cn1)C(=O)N[C@@H](C)c1ccc(F)cc1. The van der Waals surface area contributed by atoms with Crippen LogP contribution in [-0.4, -0.2) is 43.0 Å². The minimum absolute atomic E-state index is 0.0962. The molecule has 1 aromatic heterocycles. The van der Waals surface area contributed by atoms with Crippen molar-refractivity contribution in [3.63, 3.8) is 0 Å². The summed E-state index contributed by atoms with van der Waals surface area (Å²) in [5.41, 5.74) is 0.804. The maximum absolute atomic E-state index is 13.0. The molecule has 0 aliphatic carbocycles. The summed E-state index contributed by atoms with van der Waals surface area (Å²) in [6, 6.07) is 8.74. The highest BCUT2D eigenvalue weighted by atomic mass is 32.2. The Bertz CT molecular complexity index is 885. The predicted molar refractivity (Wildman–Crippen MR) is 103 cm³/mol. The number of carbonyl (C=O) groups excluding carboxylic acids is 1. The molecule has 146 valence electrons. The fourth-order valence-electron chi connectivity index (χ4n) is 2.20. The van der Waals surface area contributed by atoms with Crippen molar-refractivity contribution in [2.75, 3.05) is 14.1 Å². The summed E-state index contributed by atoms with van der Waals surface area (Å²) >= 11 is 1.23. The van der Waals surface area contributed by atoms with Crippen molar-refractivity contribution in [2.45, 2.75) is 35.1 Å². The van der Waals surface area contributed by atoms with Crippen molar-refractivity contribution in [1.29, 1.82) is 0 Å². The first-order chi connectivity index (χ1) is 12.6. The zero-order valence-corrected chi connectivity index (χ0v) is 17.1. The normalized spacial score (nSPS) is 14.0. The monoisotopic (exact) mass is 411 g/mol. The van der Waals surface area contributed by atoms with E-state index in [-0.39, 0.29) is 22.7 Å². The second-order valence-electron chi connectivity index (χ2n) is 6.16. The van der Waals surface area contributed by atoms with Crippen LogP contribution in [0, 0.1) is 5.82 Å². The number of nitrogens with zero attached hydrogens (tertiary/aromatic N) is 2. The molecule has 0 saturated heterocycles. The fraction of sp³-hybridized carbons (Fsp3) is 0.333. The van der Waals surface area contributed by atoms with Gasteiger partial charge in [-0.1, -0.05) is 23.9 Å². The standard InChI is InChI=1S/C18H22FN3O3S2/c1-12(14-5-7-15(19)8-6-14)21-18(23)13(2)26-17-10-9-16(11-20-17)27(24,25)22(3)4/h5-13H,1-4H3,(H,21,23)/t12-,13-/m0/s1. The van der Waals surface area contributed by atoms with Crippen molar-refractivity contribution in [3.8, 4) is 0 Å². The molecule has 1 N–H and O–H groups in total. The van der Waals surface area contributed by atoms with Crippen LogP contribution in [0.5, 0.6) is 0 Å². The predicted octanol–water partition coefficient (Wildman–Crippen LogP) is 2.83. The van der Waals surface area contributed by atoms with Crippen molar-refractivity contribution in [3.05, 3.63) is 54.0 Å². The molecule has 6 nitrogen and oxygen atoms in total. The maximum atomic E-state index is 13.0. The highest BCUT2D eigenvalue weighted by Crippen LogP contribution is 2.24.